The van der Waals surface area contributed by atoms with E-state index in [-0.39, 0.29) is 18.5 Å². The fourth-order valence-corrected chi connectivity index (χ4v) is 4.99. The first-order chi connectivity index (χ1) is 18.0. The van der Waals surface area contributed by atoms with Crippen LogP contribution in [0.25, 0.3) is 11.1 Å². The number of β-amino-alcohol motifs (C(OH)–C–C–N with tert-alkyl or cyclic N) is 1. The van der Waals surface area contributed by atoms with Crippen molar-refractivity contribution in [2.45, 2.75) is 57.8 Å². The number of ether oxygens (including phenoxy) is 1. The lowest BCUT2D eigenvalue weighted by molar-refractivity contribution is -0.0209. The van der Waals surface area contributed by atoms with Crippen LogP contribution in [0.3, 0.4) is 0 Å². The molecule has 1 aliphatic rings. The van der Waals surface area contributed by atoms with Crippen LogP contribution in [0.5, 0.6) is 0 Å². The molecular formula is C31H35ClFNO4. The Morgan fingerprint density at radius 1 is 1.16 bits per heavy atom. The second kappa shape index (κ2) is 12.0. The number of carbonyl (C=O) groups is 1. The first-order valence-electron chi connectivity index (χ1n) is 13.0. The van der Waals surface area contributed by atoms with Crippen molar-refractivity contribution < 1.29 is 24.1 Å². The van der Waals surface area contributed by atoms with Crippen LogP contribution in [0.1, 0.15) is 59.8 Å². The molecule has 0 saturated heterocycles. The summed E-state index contributed by atoms with van der Waals surface area (Å²) in [6, 6.07) is 18.1. The normalized spacial score (nSPS) is 15.3. The second-order valence-electron chi connectivity index (χ2n) is 10.8. The fourth-order valence-electron chi connectivity index (χ4n) is 4.83. The minimum absolute atomic E-state index is 0.158. The molecule has 0 aliphatic heterocycles. The zero-order chi connectivity index (χ0) is 27.4. The Morgan fingerprint density at radius 2 is 1.89 bits per heavy atom. The first-order valence-corrected chi connectivity index (χ1v) is 13.3. The van der Waals surface area contributed by atoms with Crippen molar-refractivity contribution in [1.29, 1.82) is 0 Å². The van der Waals surface area contributed by atoms with E-state index in [2.05, 4.69) is 5.32 Å². The maximum Gasteiger partial charge on any atom is 0.335 e. The van der Waals surface area contributed by atoms with Gasteiger partial charge in [-0.15, -0.1) is 0 Å². The van der Waals surface area contributed by atoms with E-state index >= 15 is 0 Å². The monoisotopic (exact) mass is 539 g/mol. The number of nitrogens with one attached hydrogen (secondary N) is 1. The van der Waals surface area contributed by atoms with Crippen LogP contribution in [0.15, 0.2) is 60.7 Å². The summed E-state index contributed by atoms with van der Waals surface area (Å²) in [6.07, 6.45) is 1.65. The fraction of sp³-hybridized carbons (Fsp3) is 0.387. The molecule has 7 heteroatoms. The third kappa shape index (κ3) is 7.20. The van der Waals surface area contributed by atoms with Crippen LogP contribution < -0.4 is 5.32 Å². The quantitative estimate of drug-likeness (QED) is 0.242. The molecule has 0 unspecified atom stereocenters. The minimum Gasteiger partial charge on any atom is -0.478 e. The van der Waals surface area contributed by atoms with Gasteiger partial charge in [0.25, 0.3) is 0 Å². The van der Waals surface area contributed by atoms with Gasteiger partial charge in [-0.1, -0.05) is 54.1 Å². The number of hydrogen-bond donors (Lipinski definition) is 3. The third-order valence-electron chi connectivity index (χ3n) is 7.02. The van der Waals surface area contributed by atoms with E-state index in [1.807, 2.05) is 50.2 Å². The summed E-state index contributed by atoms with van der Waals surface area (Å²) in [6.45, 7) is 6.20. The second-order valence-corrected chi connectivity index (χ2v) is 11.3. The molecule has 5 nitrogen and oxygen atoms in total. The lowest BCUT2D eigenvalue weighted by atomic mass is 9.92. The molecule has 4 rings (SSSR count). The molecule has 3 N–H and O–H groups in total. The van der Waals surface area contributed by atoms with Crippen LogP contribution in [0, 0.1) is 18.7 Å². The molecule has 1 saturated carbocycles. The van der Waals surface area contributed by atoms with Crippen LogP contribution in [0.4, 0.5) is 4.39 Å². The van der Waals surface area contributed by atoms with Gasteiger partial charge in [-0.25, -0.2) is 9.18 Å². The van der Waals surface area contributed by atoms with E-state index in [9.17, 15) is 19.4 Å². The maximum absolute atomic E-state index is 14.3. The molecule has 0 bridgehead atoms. The van der Waals surface area contributed by atoms with Crippen molar-refractivity contribution in [2.75, 3.05) is 13.2 Å². The lowest BCUT2D eigenvalue weighted by Crippen LogP contribution is -2.46. The Balaban J connectivity index is 1.41. The van der Waals surface area contributed by atoms with Gasteiger partial charge in [0.2, 0.25) is 0 Å². The molecule has 0 amide bonds. The number of carboxylic acids is 1. The number of aliphatic hydroxyl groups excluding tert-OH is 1. The number of aryl methyl sites for hydroxylation is 1. The summed E-state index contributed by atoms with van der Waals surface area (Å²) < 4.78 is 20.6. The molecule has 3 aromatic rings. The van der Waals surface area contributed by atoms with Crippen LogP contribution in [0.2, 0.25) is 5.02 Å². The molecule has 1 aliphatic carbocycles. The Morgan fingerprint density at radius 3 is 2.55 bits per heavy atom. The number of aromatic carboxylic acids is 1. The van der Waals surface area contributed by atoms with Crippen molar-refractivity contribution in [3.63, 3.8) is 0 Å². The highest BCUT2D eigenvalue weighted by atomic mass is 35.5. The number of hydrogen-bond acceptors (Lipinski definition) is 4. The van der Waals surface area contributed by atoms with Gasteiger partial charge in [-0.3, -0.25) is 0 Å². The molecule has 0 aromatic heterocycles. The number of benzene rings is 3. The van der Waals surface area contributed by atoms with Crippen LogP contribution in [-0.4, -0.2) is 41.0 Å². The Hall–Kier alpha value is -2.77. The van der Waals surface area contributed by atoms with Crippen molar-refractivity contribution in [3.05, 3.63) is 93.8 Å². The molecule has 3 aromatic carbocycles. The minimum atomic E-state index is -0.939. The standard InChI is InChI=1S/C31H35ClFNO4/c1-19-14-21(11-13-25(19)30(36)37)26-6-4-5-7-27(26)29(20-8-9-20)38-18-24(35)17-34-31(2,3)16-22-10-12-23(32)15-28(22)33/h4-7,10-15,20,24,29,34-35H,8-9,16-18H2,1-3H3,(H,36,37)/t24-,29-/m1/s1. The molecule has 0 heterocycles. The number of aliphatic hydroxyl groups is 1. The zero-order valence-corrected chi connectivity index (χ0v) is 22.8. The van der Waals surface area contributed by atoms with E-state index in [1.165, 1.54) is 6.07 Å². The maximum atomic E-state index is 14.3. The number of halogens is 2. The molecule has 0 radical (unpaired) electrons. The topological polar surface area (TPSA) is 78.8 Å². The first kappa shape index (κ1) is 28.2. The molecule has 0 spiro atoms. The van der Waals surface area contributed by atoms with Crippen molar-refractivity contribution >= 4 is 17.6 Å². The summed E-state index contributed by atoms with van der Waals surface area (Å²) in [4.78, 5) is 11.5. The van der Waals surface area contributed by atoms with E-state index in [0.717, 1.165) is 29.5 Å². The zero-order valence-electron chi connectivity index (χ0n) is 22.0. The Labute approximate surface area is 228 Å². The number of rotatable bonds is 12. The van der Waals surface area contributed by atoms with Gasteiger partial charge in [0.1, 0.15) is 5.82 Å². The molecule has 1 fully saturated rings. The summed E-state index contributed by atoms with van der Waals surface area (Å²) in [5.74, 6) is -0.902. The van der Waals surface area contributed by atoms with E-state index < -0.39 is 17.6 Å². The van der Waals surface area contributed by atoms with Crippen LogP contribution >= 0.6 is 11.6 Å². The lowest BCUT2D eigenvalue weighted by Gasteiger charge is -2.29. The van der Waals surface area contributed by atoms with Gasteiger partial charge < -0.3 is 20.3 Å². The summed E-state index contributed by atoms with van der Waals surface area (Å²) in [7, 11) is 0. The van der Waals surface area contributed by atoms with Crippen molar-refractivity contribution in [1.82, 2.24) is 5.32 Å². The highest BCUT2D eigenvalue weighted by Gasteiger charge is 2.35. The summed E-state index contributed by atoms with van der Waals surface area (Å²) >= 11 is 5.87. The van der Waals surface area contributed by atoms with Crippen molar-refractivity contribution in [2.24, 2.45) is 5.92 Å². The Kier molecular flexibility index (Phi) is 8.89. The molecule has 38 heavy (non-hydrogen) atoms. The predicted octanol–water partition coefficient (Wildman–Crippen LogP) is 6.59. The average molecular weight is 540 g/mol. The molecular weight excluding hydrogens is 505 g/mol. The van der Waals surface area contributed by atoms with Gasteiger partial charge >= 0.3 is 5.97 Å². The highest BCUT2D eigenvalue weighted by molar-refractivity contribution is 6.30. The predicted molar refractivity (Wildman–Crippen MR) is 148 cm³/mol. The van der Waals surface area contributed by atoms with Gasteiger partial charge in [-0.2, -0.15) is 0 Å². The van der Waals surface area contributed by atoms with Gasteiger partial charge in [0.15, 0.2) is 0 Å². The molecule has 2 atom stereocenters. The highest BCUT2D eigenvalue weighted by Crippen LogP contribution is 2.46. The van der Waals surface area contributed by atoms with Gasteiger partial charge in [0.05, 0.1) is 24.4 Å². The van der Waals surface area contributed by atoms with Crippen LogP contribution in [-0.2, 0) is 11.2 Å². The smallest absolute Gasteiger partial charge is 0.335 e. The summed E-state index contributed by atoms with van der Waals surface area (Å²) in [5, 5.41) is 23.8. The van der Waals surface area contributed by atoms with E-state index in [4.69, 9.17) is 16.3 Å². The number of carboxylic acid groups (broad SMARTS) is 1. The largest absolute Gasteiger partial charge is 0.478 e. The molecule has 202 valence electrons. The van der Waals surface area contributed by atoms with Gasteiger partial charge in [-0.05, 0) is 92.0 Å². The SMILES string of the molecule is Cc1cc(-c2ccccc2[C@H](OC[C@H](O)CNC(C)(C)Cc2ccc(Cl)cc2F)C2CC2)ccc1C(=O)O. The van der Waals surface area contributed by atoms with E-state index in [1.54, 1.807) is 25.1 Å². The van der Waals surface area contributed by atoms with Gasteiger partial charge in [0, 0.05) is 17.1 Å². The summed E-state index contributed by atoms with van der Waals surface area (Å²) in [5.41, 5.74) is 4.10. The Bertz CT molecular complexity index is 1290. The van der Waals surface area contributed by atoms with Crippen molar-refractivity contribution in [3.8, 4) is 11.1 Å². The van der Waals surface area contributed by atoms with E-state index in [0.29, 0.717) is 40.6 Å². The average Bonchev–Trinajstić information content (AvgIpc) is 3.70. The third-order valence-corrected chi connectivity index (χ3v) is 7.25.